The van der Waals surface area contributed by atoms with Crippen LogP contribution in [0.15, 0.2) is 36.4 Å². The summed E-state index contributed by atoms with van der Waals surface area (Å²) in [5.74, 6) is 0.781. The van der Waals surface area contributed by atoms with E-state index in [1.807, 2.05) is 0 Å². The Hall–Kier alpha value is -1.71. The lowest BCUT2D eigenvalue weighted by atomic mass is 9.72. The van der Waals surface area contributed by atoms with Gasteiger partial charge in [0.05, 0.1) is 0 Å². The predicted molar refractivity (Wildman–Crippen MR) is 151 cm³/mol. The number of hydrogen-bond donors (Lipinski definition) is 0. The van der Waals surface area contributed by atoms with Gasteiger partial charge in [-0.2, -0.15) is 0 Å². The molecule has 1 atom stereocenters. The largest absolute Gasteiger partial charge is 0.368 e. The molecule has 0 bridgehead atoms. The summed E-state index contributed by atoms with van der Waals surface area (Å²) in [6, 6.07) is 11.7. The number of aromatic nitrogens is 1. The SMILES string of the molecule is CCCCN1CCN(c2ccc(-n3c(C)ccc3C)cc2C2=CCC(C(C)(C)C)CC2)CC1.Cl. The van der Waals surface area contributed by atoms with Gasteiger partial charge in [-0.1, -0.05) is 40.2 Å². The summed E-state index contributed by atoms with van der Waals surface area (Å²) in [6.45, 7) is 19.8. The third-order valence-corrected chi connectivity index (χ3v) is 8.03. The van der Waals surface area contributed by atoms with Crippen LogP contribution in [-0.4, -0.2) is 42.2 Å². The highest BCUT2D eigenvalue weighted by molar-refractivity contribution is 5.85. The number of allylic oxidation sites excluding steroid dienone is 2. The monoisotopic (exact) mass is 483 g/mol. The molecule has 1 aliphatic heterocycles. The molecule has 34 heavy (non-hydrogen) atoms. The third kappa shape index (κ3) is 5.91. The maximum absolute atomic E-state index is 2.65. The van der Waals surface area contributed by atoms with Gasteiger partial charge < -0.3 is 9.47 Å². The normalized spacial score (nSPS) is 19.6. The van der Waals surface area contributed by atoms with Gasteiger partial charge in [-0.15, -0.1) is 12.4 Å². The van der Waals surface area contributed by atoms with Crippen molar-refractivity contribution in [1.29, 1.82) is 0 Å². The van der Waals surface area contributed by atoms with E-state index in [0.29, 0.717) is 5.41 Å². The minimum absolute atomic E-state index is 0. The Balaban J connectivity index is 0.00000324. The van der Waals surface area contributed by atoms with Crippen molar-refractivity contribution >= 4 is 23.7 Å². The second-order valence-electron chi connectivity index (χ2n) is 11.4. The Morgan fingerprint density at radius 1 is 0.941 bits per heavy atom. The van der Waals surface area contributed by atoms with Crippen LogP contribution < -0.4 is 4.90 Å². The van der Waals surface area contributed by atoms with E-state index in [-0.39, 0.29) is 12.4 Å². The average molecular weight is 484 g/mol. The topological polar surface area (TPSA) is 11.4 Å². The predicted octanol–water partition coefficient (Wildman–Crippen LogP) is 7.67. The quantitative estimate of drug-likeness (QED) is 0.417. The zero-order chi connectivity index (χ0) is 23.6. The molecule has 1 fully saturated rings. The number of benzene rings is 1. The van der Waals surface area contributed by atoms with Crippen LogP contribution in [0.1, 0.15) is 76.8 Å². The highest BCUT2D eigenvalue weighted by atomic mass is 35.5. The first-order valence-electron chi connectivity index (χ1n) is 13.2. The number of anilines is 1. The zero-order valence-electron chi connectivity index (χ0n) is 22.4. The summed E-state index contributed by atoms with van der Waals surface area (Å²) in [5, 5.41) is 0. The van der Waals surface area contributed by atoms with E-state index in [9.17, 15) is 0 Å². The van der Waals surface area contributed by atoms with Gasteiger partial charge in [-0.05, 0) is 93.3 Å². The second-order valence-corrected chi connectivity index (χ2v) is 11.4. The molecule has 4 heteroatoms. The van der Waals surface area contributed by atoms with Gasteiger partial charge in [0, 0.05) is 54.5 Å². The summed E-state index contributed by atoms with van der Waals surface area (Å²) in [4.78, 5) is 5.29. The molecule has 0 radical (unpaired) electrons. The highest BCUT2D eigenvalue weighted by Crippen LogP contribution is 2.42. The fourth-order valence-corrected chi connectivity index (χ4v) is 5.73. The molecule has 4 rings (SSSR count). The smallest absolute Gasteiger partial charge is 0.0462 e. The van der Waals surface area contributed by atoms with E-state index in [2.05, 4.69) is 92.3 Å². The van der Waals surface area contributed by atoms with E-state index in [4.69, 9.17) is 0 Å². The van der Waals surface area contributed by atoms with Crippen molar-refractivity contribution in [3.8, 4) is 5.69 Å². The molecule has 1 aromatic heterocycles. The fraction of sp³-hybridized carbons (Fsp3) is 0.600. The van der Waals surface area contributed by atoms with Crippen LogP contribution in [0, 0.1) is 25.2 Å². The molecule has 2 aromatic rings. The van der Waals surface area contributed by atoms with Crippen molar-refractivity contribution in [3.63, 3.8) is 0 Å². The van der Waals surface area contributed by atoms with Gasteiger partial charge >= 0.3 is 0 Å². The molecule has 1 aliphatic carbocycles. The lowest BCUT2D eigenvalue weighted by molar-refractivity contribution is 0.225. The minimum atomic E-state index is 0. The Bertz CT molecular complexity index is 954. The van der Waals surface area contributed by atoms with Crippen LogP contribution in [0.25, 0.3) is 11.3 Å². The molecule has 2 aliphatic rings. The Morgan fingerprint density at radius 3 is 2.18 bits per heavy atom. The summed E-state index contributed by atoms with van der Waals surface area (Å²) in [5.41, 5.74) is 8.77. The summed E-state index contributed by atoms with van der Waals surface area (Å²) in [7, 11) is 0. The standard InChI is InChI=1S/C30H45N3.ClH/c1-7-8-17-31-18-20-32(21-19-31)29-16-15-27(33-23(2)9-10-24(33)3)22-28(29)25-11-13-26(14-12-25)30(4,5)6;/h9-11,15-16,22,26H,7-8,12-14,17-21H2,1-6H3;1H. The van der Waals surface area contributed by atoms with Crippen LogP contribution in [0.5, 0.6) is 0 Å². The van der Waals surface area contributed by atoms with E-state index >= 15 is 0 Å². The molecule has 0 saturated carbocycles. The maximum atomic E-state index is 2.65. The number of nitrogens with zero attached hydrogens (tertiary/aromatic N) is 3. The van der Waals surface area contributed by atoms with Crippen LogP contribution >= 0.6 is 12.4 Å². The third-order valence-electron chi connectivity index (χ3n) is 8.03. The first-order chi connectivity index (χ1) is 15.8. The molecule has 0 spiro atoms. The van der Waals surface area contributed by atoms with Crippen LogP contribution in [0.3, 0.4) is 0 Å². The molecule has 1 saturated heterocycles. The van der Waals surface area contributed by atoms with E-state index in [0.717, 1.165) is 19.0 Å². The highest BCUT2D eigenvalue weighted by Gasteiger charge is 2.28. The van der Waals surface area contributed by atoms with Crippen LogP contribution in [0.2, 0.25) is 0 Å². The fourth-order valence-electron chi connectivity index (χ4n) is 5.73. The second kappa shape index (κ2) is 11.4. The van der Waals surface area contributed by atoms with Gasteiger partial charge in [-0.3, -0.25) is 4.90 Å². The van der Waals surface area contributed by atoms with Gasteiger partial charge in [0.25, 0.3) is 0 Å². The molecule has 1 aromatic carbocycles. The molecule has 1 unspecified atom stereocenters. The Morgan fingerprint density at radius 2 is 1.62 bits per heavy atom. The lowest BCUT2D eigenvalue weighted by Crippen LogP contribution is -2.46. The first kappa shape index (κ1) is 26.9. The summed E-state index contributed by atoms with van der Waals surface area (Å²) in [6.07, 6.45) is 8.86. The first-order valence-corrected chi connectivity index (χ1v) is 13.2. The minimum Gasteiger partial charge on any atom is -0.368 e. The Labute approximate surface area is 214 Å². The summed E-state index contributed by atoms with van der Waals surface area (Å²) >= 11 is 0. The van der Waals surface area contributed by atoms with Crippen LogP contribution in [-0.2, 0) is 0 Å². The number of unbranched alkanes of at least 4 members (excludes halogenated alkanes) is 1. The Kier molecular flexibility index (Phi) is 8.98. The molecule has 188 valence electrons. The van der Waals surface area contributed by atoms with Crippen molar-refractivity contribution < 1.29 is 0 Å². The van der Waals surface area contributed by atoms with E-state index in [1.54, 1.807) is 5.57 Å². The maximum Gasteiger partial charge on any atom is 0.0462 e. The van der Waals surface area contributed by atoms with Gasteiger partial charge in [0.2, 0.25) is 0 Å². The molecule has 0 amide bonds. The van der Waals surface area contributed by atoms with Gasteiger partial charge in [0.15, 0.2) is 0 Å². The molecular formula is C30H46ClN3. The molecule has 2 heterocycles. The number of piperazine rings is 1. The zero-order valence-corrected chi connectivity index (χ0v) is 23.2. The van der Waals surface area contributed by atoms with E-state index in [1.165, 1.54) is 80.1 Å². The number of aryl methyl sites for hydroxylation is 2. The van der Waals surface area contributed by atoms with Crippen molar-refractivity contribution in [3.05, 3.63) is 53.4 Å². The van der Waals surface area contributed by atoms with Crippen molar-refractivity contribution in [2.75, 3.05) is 37.6 Å². The van der Waals surface area contributed by atoms with Crippen molar-refractivity contribution in [2.24, 2.45) is 11.3 Å². The van der Waals surface area contributed by atoms with Gasteiger partial charge in [-0.25, -0.2) is 0 Å². The average Bonchev–Trinajstić information content (AvgIpc) is 3.15. The number of hydrogen-bond acceptors (Lipinski definition) is 2. The van der Waals surface area contributed by atoms with E-state index < -0.39 is 0 Å². The van der Waals surface area contributed by atoms with Crippen LogP contribution in [0.4, 0.5) is 5.69 Å². The molecular weight excluding hydrogens is 438 g/mol. The molecule has 0 N–H and O–H groups in total. The number of rotatable bonds is 6. The van der Waals surface area contributed by atoms with Crippen molar-refractivity contribution in [2.45, 2.75) is 73.6 Å². The molecule has 3 nitrogen and oxygen atoms in total. The van der Waals surface area contributed by atoms with Crippen molar-refractivity contribution in [1.82, 2.24) is 9.47 Å². The van der Waals surface area contributed by atoms with Gasteiger partial charge in [0.1, 0.15) is 0 Å². The number of halogens is 1. The summed E-state index contributed by atoms with van der Waals surface area (Å²) < 4.78 is 2.40. The lowest BCUT2D eigenvalue weighted by Gasteiger charge is -2.38.